The number of carbonyl (C=O) groups is 2. The number of amides is 1. The molecule has 0 saturated carbocycles. The summed E-state index contributed by atoms with van der Waals surface area (Å²) in [7, 11) is 1.32. The van der Waals surface area contributed by atoms with Crippen LogP contribution >= 0.6 is 11.6 Å². The predicted octanol–water partition coefficient (Wildman–Crippen LogP) is 4.01. The van der Waals surface area contributed by atoms with Crippen molar-refractivity contribution in [3.63, 3.8) is 0 Å². The summed E-state index contributed by atoms with van der Waals surface area (Å²) in [5.74, 6) is -0.744. The Hall–Kier alpha value is -2.93. The molecule has 0 radical (unpaired) electrons. The number of nitrogens with one attached hydrogen (secondary N) is 1. The molecule has 8 heteroatoms. The minimum absolute atomic E-state index is 0.00384. The van der Waals surface area contributed by atoms with Crippen LogP contribution in [-0.2, 0) is 9.53 Å². The molecule has 1 aromatic carbocycles. The fraction of sp³-hybridized carbons (Fsp3) is 0.333. The third-order valence-electron chi connectivity index (χ3n) is 4.67. The number of aromatic nitrogens is 3. The van der Waals surface area contributed by atoms with Crippen LogP contribution in [0, 0.1) is 6.92 Å². The molecular weight excluding hydrogens is 392 g/mol. The number of rotatable bonds is 6. The van der Waals surface area contributed by atoms with Crippen molar-refractivity contribution >= 4 is 34.5 Å². The van der Waals surface area contributed by atoms with Gasteiger partial charge in [0.1, 0.15) is 0 Å². The first-order chi connectivity index (χ1) is 13.8. The van der Waals surface area contributed by atoms with Crippen LogP contribution in [0.1, 0.15) is 54.0 Å². The Morgan fingerprint density at radius 3 is 2.55 bits per heavy atom. The van der Waals surface area contributed by atoms with E-state index < -0.39 is 12.0 Å². The Bertz CT molecular complexity index is 1040. The van der Waals surface area contributed by atoms with Crippen molar-refractivity contribution in [2.75, 3.05) is 7.11 Å². The lowest BCUT2D eigenvalue weighted by Gasteiger charge is -2.19. The van der Waals surface area contributed by atoms with E-state index in [1.165, 1.54) is 7.11 Å². The fourth-order valence-corrected chi connectivity index (χ4v) is 3.23. The number of esters is 1. The molecule has 1 N–H and O–H groups in total. The second-order valence-corrected chi connectivity index (χ2v) is 7.51. The molecule has 0 bridgehead atoms. The molecule has 1 unspecified atom stereocenters. The Morgan fingerprint density at radius 1 is 1.24 bits per heavy atom. The van der Waals surface area contributed by atoms with Gasteiger partial charge >= 0.3 is 5.97 Å². The summed E-state index contributed by atoms with van der Waals surface area (Å²) in [6, 6.07) is 8.36. The number of carbonyl (C=O) groups excluding carboxylic acids is 2. The molecule has 7 nitrogen and oxygen atoms in total. The number of aryl methyl sites for hydroxylation is 1. The van der Waals surface area contributed by atoms with Crippen LogP contribution in [0.4, 0.5) is 0 Å². The molecule has 1 amide bonds. The van der Waals surface area contributed by atoms with Crippen molar-refractivity contribution < 1.29 is 14.3 Å². The molecule has 0 aliphatic rings. The van der Waals surface area contributed by atoms with Gasteiger partial charge in [0.15, 0.2) is 5.65 Å². The molecule has 0 aliphatic heterocycles. The van der Waals surface area contributed by atoms with Crippen LogP contribution in [0.25, 0.3) is 11.0 Å². The first-order valence-corrected chi connectivity index (χ1v) is 9.66. The molecule has 29 heavy (non-hydrogen) atoms. The third kappa shape index (κ3) is 4.56. The molecular formula is C21H23ClN4O3. The van der Waals surface area contributed by atoms with Gasteiger partial charge in [0.2, 0.25) is 0 Å². The largest absolute Gasteiger partial charge is 0.469 e. The molecule has 0 aliphatic carbocycles. The Morgan fingerprint density at radius 2 is 1.93 bits per heavy atom. The summed E-state index contributed by atoms with van der Waals surface area (Å²) in [4.78, 5) is 29.5. The normalized spacial score (nSPS) is 12.2. The van der Waals surface area contributed by atoms with Gasteiger partial charge < -0.3 is 10.1 Å². The molecule has 2 aromatic heterocycles. The van der Waals surface area contributed by atoms with Crippen molar-refractivity contribution in [2.45, 2.75) is 39.3 Å². The number of ether oxygens (including phenoxy) is 1. The number of fused-ring (bicyclic) bond motifs is 1. The standard InChI is InChI=1S/C21H23ClN4O3/c1-12(2)26-20-15(11-23-26)9-17(13(3)24-20)21(28)25-18(10-19(27)29-4)14-5-7-16(22)8-6-14/h5-9,11-12,18H,10H2,1-4H3,(H,25,28). The maximum atomic E-state index is 13.0. The van der Waals surface area contributed by atoms with Gasteiger partial charge in [-0.05, 0) is 44.5 Å². The van der Waals surface area contributed by atoms with Crippen molar-refractivity contribution in [3.8, 4) is 0 Å². The van der Waals surface area contributed by atoms with Gasteiger partial charge in [0, 0.05) is 16.5 Å². The van der Waals surface area contributed by atoms with Gasteiger partial charge in [-0.2, -0.15) is 5.10 Å². The maximum Gasteiger partial charge on any atom is 0.307 e. The van der Waals surface area contributed by atoms with Gasteiger partial charge in [-0.25, -0.2) is 9.67 Å². The number of halogens is 1. The van der Waals surface area contributed by atoms with Crippen LogP contribution in [0.15, 0.2) is 36.5 Å². The van der Waals surface area contributed by atoms with E-state index in [2.05, 4.69) is 15.4 Å². The minimum atomic E-state index is -0.555. The van der Waals surface area contributed by atoms with E-state index in [0.29, 0.717) is 16.3 Å². The first kappa shape index (κ1) is 20.8. The van der Waals surface area contributed by atoms with Crippen LogP contribution in [0.2, 0.25) is 5.02 Å². The number of nitrogens with zero attached hydrogens (tertiary/aromatic N) is 3. The quantitative estimate of drug-likeness (QED) is 0.616. The van der Waals surface area contributed by atoms with Crippen LogP contribution in [0.3, 0.4) is 0 Å². The molecule has 0 fully saturated rings. The van der Waals surface area contributed by atoms with E-state index >= 15 is 0 Å². The van der Waals surface area contributed by atoms with E-state index in [1.54, 1.807) is 43.5 Å². The molecule has 152 valence electrons. The Kier molecular flexibility index (Phi) is 6.17. The van der Waals surface area contributed by atoms with Gasteiger partial charge in [-0.15, -0.1) is 0 Å². The molecule has 0 spiro atoms. The van der Waals surface area contributed by atoms with Crippen LogP contribution < -0.4 is 5.32 Å². The van der Waals surface area contributed by atoms with E-state index in [0.717, 1.165) is 16.6 Å². The van der Waals surface area contributed by atoms with Crippen LogP contribution in [0.5, 0.6) is 0 Å². The summed E-state index contributed by atoms with van der Waals surface area (Å²) in [6.07, 6.45) is 1.70. The number of hydrogen-bond acceptors (Lipinski definition) is 5. The lowest BCUT2D eigenvalue weighted by Crippen LogP contribution is -2.31. The summed E-state index contributed by atoms with van der Waals surface area (Å²) >= 11 is 5.96. The number of methoxy groups -OCH3 is 1. The summed E-state index contributed by atoms with van der Waals surface area (Å²) in [6.45, 7) is 5.82. The predicted molar refractivity (Wildman–Crippen MR) is 111 cm³/mol. The molecule has 3 rings (SSSR count). The average molecular weight is 415 g/mol. The summed E-state index contributed by atoms with van der Waals surface area (Å²) in [5, 5.41) is 8.63. The third-order valence-corrected chi connectivity index (χ3v) is 4.92. The van der Waals surface area contributed by atoms with Gasteiger partial charge in [-0.3, -0.25) is 9.59 Å². The first-order valence-electron chi connectivity index (χ1n) is 9.28. The summed E-state index contributed by atoms with van der Waals surface area (Å²) in [5.41, 5.74) is 2.51. The van der Waals surface area contributed by atoms with Crippen molar-refractivity contribution in [2.24, 2.45) is 0 Å². The Labute approximate surface area is 174 Å². The Balaban J connectivity index is 1.91. The van der Waals surface area contributed by atoms with Crippen molar-refractivity contribution in [1.82, 2.24) is 20.1 Å². The SMILES string of the molecule is COC(=O)CC(NC(=O)c1cc2cnn(C(C)C)c2nc1C)c1ccc(Cl)cc1. The highest BCUT2D eigenvalue weighted by atomic mass is 35.5. The van der Waals surface area contributed by atoms with E-state index in [4.69, 9.17) is 16.3 Å². The molecule has 2 heterocycles. The topological polar surface area (TPSA) is 86.1 Å². The highest BCUT2D eigenvalue weighted by molar-refractivity contribution is 6.30. The second kappa shape index (κ2) is 8.61. The van der Waals surface area contributed by atoms with E-state index in [9.17, 15) is 9.59 Å². The second-order valence-electron chi connectivity index (χ2n) is 7.07. The van der Waals surface area contributed by atoms with Crippen molar-refractivity contribution in [1.29, 1.82) is 0 Å². The lowest BCUT2D eigenvalue weighted by atomic mass is 10.0. The average Bonchev–Trinajstić information content (AvgIpc) is 3.10. The smallest absolute Gasteiger partial charge is 0.307 e. The lowest BCUT2D eigenvalue weighted by molar-refractivity contribution is -0.141. The van der Waals surface area contributed by atoms with Crippen molar-refractivity contribution in [3.05, 3.63) is 58.4 Å². The highest BCUT2D eigenvalue weighted by Gasteiger charge is 2.22. The molecule has 0 saturated heterocycles. The van der Waals surface area contributed by atoms with Gasteiger partial charge in [-0.1, -0.05) is 23.7 Å². The maximum absolute atomic E-state index is 13.0. The number of pyridine rings is 1. The minimum Gasteiger partial charge on any atom is -0.469 e. The molecule has 1 atom stereocenters. The number of benzene rings is 1. The van der Waals surface area contributed by atoms with Gasteiger partial charge in [0.05, 0.1) is 37.0 Å². The monoisotopic (exact) mass is 414 g/mol. The van der Waals surface area contributed by atoms with Gasteiger partial charge in [0.25, 0.3) is 5.91 Å². The molecule has 3 aromatic rings. The summed E-state index contributed by atoms with van der Waals surface area (Å²) < 4.78 is 6.60. The number of hydrogen-bond donors (Lipinski definition) is 1. The zero-order valence-electron chi connectivity index (χ0n) is 16.8. The van der Waals surface area contributed by atoms with Crippen LogP contribution in [-0.4, -0.2) is 33.8 Å². The van der Waals surface area contributed by atoms with E-state index in [1.807, 2.05) is 18.5 Å². The zero-order chi connectivity index (χ0) is 21.1. The fourth-order valence-electron chi connectivity index (χ4n) is 3.11. The zero-order valence-corrected chi connectivity index (χ0v) is 17.5. The van der Waals surface area contributed by atoms with E-state index in [-0.39, 0.29) is 18.4 Å². The highest BCUT2D eigenvalue weighted by Crippen LogP contribution is 2.23.